The first-order chi connectivity index (χ1) is 14.5. The van der Waals surface area contributed by atoms with E-state index in [9.17, 15) is 9.59 Å². The van der Waals surface area contributed by atoms with Crippen LogP contribution >= 0.6 is 0 Å². The Balaban J connectivity index is 1.54. The van der Waals surface area contributed by atoms with Gasteiger partial charge in [-0.25, -0.2) is 0 Å². The summed E-state index contributed by atoms with van der Waals surface area (Å²) in [6.45, 7) is 0.658. The highest BCUT2D eigenvalue weighted by Crippen LogP contribution is 2.20. The molecule has 0 fully saturated rings. The average Bonchev–Trinajstić information content (AvgIpc) is 2.73. The molecule has 0 aliphatic rings. The summed E-state index contributed by atoms with van der Waals surface area (Å²) in [6.07, 6.45) is 3.30. The normalized spacial score (nSPS) is 10.5. The van der Waals surface area contributed by atoms with Gasteiger partial charge in [-0.05, 0) is 68.2 Å². The summed E-state index contributed by atoms with van der Waals surface area (Å²) in [6, 6.07) is 17.9. The van der Waals surface area contributed by atoms with E-state index < -0.39 is 0 Å². The molecule has 2 amide bonds. The zero-order valence-corrected chi connectivity index (χ0v) is 17.0. The number of aromatic nitrogens is 1. The van der Waals surface area contributed by atoms with Gasteiger partial charge in [0.1, 0.15) is 11.5 Å². The lowest BCUT2D eigenvalue weighted by Crippen LogP contribution is -2.27. The Bertz CT molecular complexity index is 989. The molecule has 0 spiro atoms. The number of ether oxygens (including phenoxy) is 1. The molecule has 154 valence electrons. The number of likely N-dealkylation sites (N-methyl/N-ethyl adjacent to an activating group) is 1. The fraction of sp³-hybridized carbons (Fsp3) is 0.174. The maximum absolute atomic E-state index is 12.4. The molecule has 1 heterocycles. The highest BCUT2D eigenvalue weighted by atomic mass is 16.5. The Labute approximate surface area is 175 Å². The van der Waals surface area contributed by atoms with Crippen LogP contribution in [-0.4, -0.2) is 42.3 Å². The molecule has 0 radical (unpaired) electrons. The molecule has 0 unspecified atom stereocenters. The Morgan fingerprint density at radius 3 is 2.50 bits per heavy atom. The highest BCUT2D eigenvalue weighted by molar-refractivity contribution is 5.94. The second-order valence-electron chi connectivity index (χ2n) is 6.98. The standard InChI is InChI=1S/C23H24N4O3/c1-27(2)16-22(28)26-19-6-3-5-17(13-19)14-25-23(29)18-8-10-20(11-9-18)30-21-7-4-12-24-15-21/h3-13,15H,14,16H2,1-2H3,(H,25,29)(H,26,28). The van der Waals surface area contributed by atoms with Crippen LogP contribution in [0.3, 0.4) is 0 Å². The summed E-state index contributed by atoms with van der Waals surface area (Å²) in [5, 5.41) is 5.73. The van der Waals surface area contributed by atoms with Crippen LogP contribution in [0.5, 0.6) is 11.5 Å². The van der Waals surface area contributed by atoms with Crippen LogP contribution in [0.2, 0.25) is 0 Å². The van der Waals surface area contributed by atoms with Gasteiger partial charge in [-0.2, -0.15) is 0 Å². The van der Waals surface area contributed by atoms with Crippen molar-refractivity contribution in [3.8, 4) is 11.5 Å². The van der Waals surface area contributed by atoms with E-state index in [4.69, 9.17) is 4.74 Å². The first-order valence-electron chi connectivity index (χ1n) is 9.49. The molecule has 3 rings (SSSR count). The second kappa shape index (κ2) is 10.2. The fourth-order valence-corrected chi connectivity index (χ4v) is 2.75. The van der Waals surface area contributed by atoms with Crippen LogP contribution in [0.25, 0.3) is 0 Å². The molecule has 0 bridgehead atoms. The number of carbonyl (C=O) groups is 2. The van der Waals surface area contributed by atoms with E-state index in [0.29, 0.717) is 35.8 Å². The molecular formula is C23H24N4O3. The van der Waals surface area contributed by atoms with E-state index in [-0.39, 0.29) is 11.8 Å². The zero-order valence-electron chi connectivity index (χ0n) is 17.0. The van der Waals surface area contributed by atoms with Gasteiger partial charge in [0.05, 0.1) is 12.7 Å². The van der Waals surface area contributed by atoms with Crippen molar-refractivity contribution in [2.45, 2.75) is 6.54 Å². The first kappa shape index (κ1) is 21.0. The van der Waals surface area contributed by atoms with Gasteiger partial charge >= 0.3 is 0 Å². The van der Waals surface area contributed by atoms with Crippen molar-refractivity contribution in [1.82, 2.24) is 15.2 Å². The van der Waals surface area contributed by atoms with Crippen molar-refractivity contribution in [1.29, 1.82) is 0 Å². The van der Waals surface area contributed by atoms with Crippen LogP contribution in [0.4, 0.5) is 5.69 Å². The molecule has 2 aromatic carbocycles. The molecule has 7 nitrogen and oxygen atoms in total. The maximum Gasteiger partial charge on any atom is 0.251 e. The number of anilines is 1. The predicted molar refractivity (Wildman–Crippen MR) is 116 cm³/mol. The topological polar surface area (TPSA) is 83.6 Å². The van der Waals surface area contributed by atoms with E-state index in [1.165, 1.54) is 0 Å². The maximum atomic E-state index is 12.4. The van der Waals surface area contributed by atoms with Gasteiger partial charge in [0.15, 0.2) is 0 Å². The van der Waals surface area contributed by atoms with E-state index in [0.717, 1.165) is 5.56 Å². The van der Waals surface area contributed by atoms with Crippen molar-refractivity contribution < 1.29 is 14.3 Å². The van der Waals surface area contributed by atoms with E-state index >= 15 is 0 Å². The number of pyridine rings is 1. The molecule has 0 saturated carbocycles. The van der Waals surface area contributed by atoms with Crippen molar-refractivity contribution in [2.75, 3.05) is 26.0 Å². The number of carbonyl (C=O) groups excluding carboxylic acids is 2. The number of nitrogens with one attached hydrogen (secondary N) is 2. The van der Waals surface area contributed by atoms with E-state index in [2.05, 4.69) is 15.6 Å². The molecule has 0 aliphatic heterocycles. The fourth-order valence-electron chi connectivity index (χ4n) is 2.75. The third-order valence-electron chi connectivity index (χ3n) is 4.11. The molecular weight excluding hydrogens is 380 g/mol. The van der Waals surface area contributed by atoms with Crippen LogP contribution in [0.1, 0.15) is 15.9 Å². The van der Waals surface area contributed by atoms with Gasteiger partial charge in [-0.3, -0.25) is 14.6 Å². The van der Waals surface area contributed by atoms with E-state index in [1.54, 1.807) is 47.6 Å². The molecule has 0 saturated heterocycles. The lowest BCUT2D eigenvalue weighted by Gasteiger charge is -2.11. The smallest absolute Gasteiger partial charge is 0.251 e. The molecule has 3 aromatic rings. The Kier molecular flexibility index (Phi) is 7.13. The number of nitrogens with zero attached hydrogens (tertiary/aromatic N) is 2. The van der Waals surface area contributed by atoms with Crippen molar-refractivity contribution in [3.63, 3.8) is 0 Å². The van der Waals surface area contributed by atoms with Gasteiger partial charge in [0, 0.05) is 24.0 Å². The van der Waals surface area contributed by atoms with Crippen LogP contribution in [0.15, 0.2) is 73.1 Å². The monoisotopic (exact) mass is 404 g/mol. The summed E-state index contributed by atoms with van der Waals surface area (Å²) in [7, 11) is 3.67. The average molecular weight is 404 g/mol. The summed E-state index contributed by atoms with van der Waals surface area (Å²) >= 11 is 0. The van der Waals surface area contributed by atoms with Crippen molar-refractivity contribution in [2.24, 2.45) is 0 Å². The van der Waals surface area contributed by atoms with Gasteiger partial charge < -0.3 is 20.3 Å². The Morgan fingerprint density at radius 1 is 1.00 bits per heavy atom. The van der Waals surface area contributed by atoms with E-state index in [1.807, 2.05) is 44.4 Å². The lowest BCUT2D eigenvalue weighted by molar-refractivity contribution is -0.116. The quantitative estimate of drug-likeness (QED) is 0.602. The van der Waals surface area contributed by atoms with Crippen molar-refractivity contribution in [3.05, 3.63) is 84.2 Å². The number of rotatable bonds is 8. The van der Waals surface area contributed by atoms with Crippen LogP contribution < -0.4 is 15.4 Å². The minimum absolute atomic E-state index is 0.0882. The summed E-state index contributed by atoms with van der Waals surface area (Å²) in [5.41, 5.74) is 2.12. The number of hydrogen-bond donors (Lipinski definition) is 2. The van der Waals surface area contributed by atoms with Crippen LogP contribution in [-0.2, 0) is 11.3 Å². The first-order valence-corrected chi connectivity index (χ1v) is 9.49. The van der Waals surface area contributed by atoms with Gasteiger partial charge in [-0.1, -0.05) is 12.1 Å². The summed E-state index contributed by atoms with van der Waals surface area (Å²) in [5.74, 6) is 0.979. The molecule has 2 N–H and O–H groups in total. The van der Waals surface area contributed by atoms with Gasteiger partial charge in [0.25, 0.3) is 5.91 Å². The number of hydrogen-bond acceptors (Lipinski definition) is 5. The van der Waals surface area contributed by atoms with Gasteiger partial charge in [0.2, 0.25) is 5.91 Å². The minimum Gasteiger partial charge on any atom is -0.456 e. The number of benzene rings is 2. The summed E-state index contributed by atoms with van der Waals surface area (Å²) in [4.78, 5) is 30.1. The molecule has 7 heteroatoms. The largest absolute Gasteiger partial charge is 0.456 e. The Hall–Kier alpha value is -3.71. The number of amides is 2. The molecule has 0 aliphatic carbocycles. The zero-order chi connectivity index (χ0) is 21.3. The molecule has 30 heavy (non-hydrogen) atoms. The molecule has 0 atom stereocenters. The third kappa shape index (κ3) is 6.42. The minimum atomic E-state index is -0.190. The SMILES string of the molecule is CN(C)CC(=O)Nc1cccc(CNC(=O)c2ccc(Oc3cccnc3)cc2)c1. The second-order valence-corrected chi connectivity index (χ2v) is 6.98. The highest BCUT2D eigenvalue weighted by Gasteiger charge is 2.08. The molecule has 1 aromatic heterocycles. The lowest BCUT2D eigenvalue weighted by atomic mass is 10.1. The predicted octanol–water partition coefficient (Wildman–Crippen LogP) is 3.30. The Morgan fingerprint density at radius 2 is 1.80 bits per heavy atom. The van der Waals surface area contributed by atoms with Crippen LogP contribution in [0, 0.1) is 0 Å². The van der Waals surface area contributed by atoms with Crippen molar-refractivity contribution >= 4 is 17.5 Å². The summed E-state index contributed by atoms with van der Waals surface area (Å²) < 4.78 is 5.68. The third-order valence-corrected chi connectivity index (χ3v) is 4.11. The van der Waals surface area contributed by atoms with Gasteiger partial charge in [-0.15, -0.1) is 0 Å².